The van der Waals surface area contributed by atoms with Crippen LogP contribution >= 0.6 is 0 Å². The quantitative estimate of drug-likeness (QED) is 0.159. The first kappa shape index (κ1) is 28.4. The van der Waals surface area contributed by atoms with Crippen molar-refractivity contribution in [3.63, 3.8) is 0 Å². The molecule has 0 spiro atoms. The zero-order chi connectivity index (χ0) is 27.0. The predicted octanol–water partition coefficient (Wildman–Crippen LogP) is 8.62. The van der Waals surface area contributed by atoms with Crippen LogP contribution in [0.5, 0.6) is 0 Å². The third kappa shape index (κ3) is 8.45. The Morgan fingerprint density at radius 2 is 0.842 bits per heavy atom. The fraction of sp³-hybridized carbons (Fsp3) is 0.235. The maximum Gasteiger partial charge on any atom is 0.339 e. The summed E-state index contributed by atoms with van der Waals surface area (Å²) in [5, 5.41) is 0. The first-order valence-electron chi connectivity index (χ1n) is 13.3. The molecule has 0 aliphatic rings. The Balaban J connectivity index is 0.000000211. The molecule has 196 valence electrons. The van der Waals surface area contributed by atoms with Crippen LogP contribution in [0.4, 0.5) is 0 Å². The molecule has 0 aromatic heterocycles. The predicted molar refractivity (Wildman–Crippen MR) is 154 cm³/mol. The molecule has 0 amide bonds. The highest BCUT2D eigenvalue weighted by atomic mass is 16.5. The minimum Gasteiger partial charge on any atom is -0.462 e. The molecule has 0 fully saturated rings. The minimum absolute atomic E-state index is 0.269. The molecule has 4 nitrogen and oxygen atoms in total. The first-order chi connectivity index (χ1) is 18.7. The lowest BCUT2D eigenvalue weighted by atomic mass is 9.95. The van der Waals surface area contributed by atoms with Crippen molar-refractivity contribution in [3.05, 3.63) is 120 Å². The molecular weight excluding hydrogens is 472 g/mol. The van der Waals surface area contributed by atoms with Gasteiger partial charge in [-0.25, -0.2) is 9.59 Å². The SMILES string of the molecule is CCCCOC(=O)c1ccccc1C(=O)OCCCC.c1ccc(-c2ccccc2-c2ccccc2)cc1. The number of esters is 2. The van der Waals surface area contributed by atoms with Gasteiger partial charge in [-0.3, -0.25) is 0 Å². The normalized spacial score (nSPS) is 10.2. The molecule has 0 radical (unpaired) electrons. The van der Waals surface area contributed by atoms with Crippen molar-refractivity contribution >= 4 is 11.9 Å². The molecule has 38 heavy (non-hydrogen) atoms. The van der Waals surface area contributed by atoms with Crippen molar-refractivity contribution in [2.45, 2.75) is 39.5 Å². The largest absolute Gasteiger partial charge is 0.462 e. The van der Waals surface area contributed by atoms with Crippen LogP contribution in [0.2, 0.25) is 0 Å². The van der Waals surface area contributed by atoms with Gasteiger partial charge in [0.25, 0.3) is 0 Å². The Labute approximate surface area is 226 Å². The van der Waals surface area contributed by atoms with Gasteiger partial charge in [-0.15, -0.1) is 0 Å². The smallest absolute Gasteiger partial charge is 0.339 e. The van der Waals surface area contributed by atoms with E-state index in [1.54, 1.807) is 24.3 Å². The van der Waals surface area contributed by atoms with E-state index in [0.717, 1.165) is 25.7 Å². The van der Waals surface area contributed by atoms with Crippen molar-refractivity contribution in [1.29, 1.82) is 0 Å². The van der Waals surface area contributed by atoms with Gasteiger partial charge < -0.3 is 9.47 Å². The summed E-state index contributed by atoms with van der Waals surface area (Å²) >= 11 is 0. The second-order valence-corrected chi connectivity index (χ2v) is 8.80. The van der Waals surface area contributed by atoms with E-state index in [4.69, 9.17) is 9.47 Å². The molecule has 0 aliphatic carbocycles. The third-order valence-electron chi connectivity index (χ3n) is 5.93. The maximum absolute atomic E-state index is 11.9. The van der Waals surface area contributed by atoms with Gasteiger partial charge in [-0.1, -0.05) is 124 Å². The Kier molecular flexibility index (Phi) is 11.8. The van der Waals surface area contributed by atoms with Crippen LogP contribution < -0.4 is 0 Å². The molecule has 0 unspecified atom stereocenters. The molecule has 4 heteroatoms. The molecule has 0 N–H and O–H groups in total. The number of ether oxygens (including phenoxy) is 2. The molecule has 4 aromatic rings. The number of carbonyl (C=O) groups excluding carboxylic acids is 2. The average molecular weight is 509 g/mol. The summed E-state index contributed by atoms with van der Waals surface area (Å²) in [5.74, 6) is -0.942. The van der Waals surface area contributed by atoms with E-state index in [-0.39, 0.29) is 11.1 Å². The van der Waals surface area contributed by atoms with Gasteiger partial charge in [0, 0.05) is 0 Å². The van der Waals surface area contributed by atoms with Crippen LogP contribution in [0, 0.1) is 0 Å². The van der Waals surface area contributed by atoms with Gasteiger partial charge in [0.2, 0.25) is 0 Å². The molecule has 0 saturated heterocycles. The molecule has 4 aromatic carbocycles. The van der Waals surface area contributed by atoms with Gasteiger partial charge in [-0.2, -0.15) is 0 Å². The summed E-state index contributed by atoms with van der Waals surface area (Å²) in [5.41, 5.74) is 5.62. The lowest BCUT2D eigenvalue weighted by Crippen LogP contribution is -2.14. The number of hydrogen-bond acceptors (Lipinski definition) is 4. The van der Waals surface area contributed by atoms with Crippen LogP contribution in [-0.4, -0.2) is 25.2 Å². The van der Waals surface area contributed by atoms with Crippen LogP contribution in [0.15, 0.2) is 109 Å². The van der Waals surface area contributed by atoms with Crippen LogP contribution in [0.25, 0.3) is 22.3 Å². The van der Waals surface area contributed by atoms with E-state index < -0.39 is 11.9 Å². The van der Waals surface area contributed by atoms with Crippen LogP contribution in [0.1, 0.15) is 60.2 Å². The number of unbranched alkanes of at least 4 members (excludes halogenated alkanes) is 2. The lowest BCUT2D eigenvalue weighted by molar-refractivity contribution is 0.0452. The highest BCUT2D eigenvalue weighted by Crippen LogP contribution is 2.31. The van der Waals surface area contributed by atoms with Crippen molar-refractivity contribution in [2.75, 3.05) is 13.2 Å². The minimum atomic E-state index is -0.471. The molecular formula is C34H36O4. The monoisotopic (exact) mass is 508 g/mol. The van der Waals surface area contributed by atoms with Crippen molar-refractivity contribution in [1.82, 2.24) is 0 Å². The van der Waals surface area contributed by atoms with Gasteiger partial charge >= 0.3 is 11.9 Å². The zero-order valence-electron chi connectivity index (χ0n) is 22.3. The maximum atomic E-state index is 11.9. The topological polar surface area (TPSA) is 52.6 Å². The summed E-state index contributed by atoms with van der Waals surface area (Å²) in [4.78, 5) is 23.9. The van der Waals surface area contributed by atoms with E-state index >= 15 is 0 Å². The molecule has 0 heterocycles. The Morgan fingerprint density at radius 1 is 0.500 bits per heavy atom. The summed E-state index contributed by atoms with van der Waals surface area (Å²) in [6.45, 7) is 4.78. The van der Waals surface area contributed by atoms with Gasteiger partial charge in [0.15, 0.2) is 0 Å². The second-order valence-electron chi connectivity index (χ2n) is 8.80. The van der Waals surface area contributed by atoms with Crippen LogP contribution in [-0.2, 0) is 9.47 Å². The Morgan fingerprint density at radius 3 is 1.21 bits per heavy atom. The Bertz CT molecular complexity index is 1170. The molecule has 4 rings (SSSR count). The summed E-state index contributed by atoms with van der Waals surface area (Å²) in [6.07, 6.45) is 3.53. The van der Waals surface area contributed by atoms with Crippen molar-refractivity contribution in [2.24, 2.45) is 0 Å². The molecule has 0 saturated carbocycles. The van der Waals surface area contributed by atoms with Gasteiger partial charge in [0.05, 0.1) is 24.3 Å². The first-order valence-corrected chi connectivity index (χ1v) is 13.3. The van der Waals surface area contributed by atoms with Gasteiger partial charge in [-0.05, 0) is 47.2 Å². The van der Waals surface area contributed by atoms with E-state index in [1.807, 2.05) is 13.8 Å². The number of benzene rings is 4. The third-order valence-corrected chi connectivity index (χ3v) is 5.93. The number of carbonyl (C=O) groups is 2. The highest BCUT2D eigenvalue weighted by Gasteiger charge is 2.18. The Hall–Kier alpha value is -4.18. The number of hydrogen-bond donors (Lipinski definition) is 0. The zero-order valence-corrected chi connectivity index (χ0v) is 22.3. The summed E-state index contributed by atoms with van der Waals surface area (Å²) in [6, 6.07) is 36.2. The average Bonchev–Trinajstić information content (AvgIpc) is 2.98. The fourth-order valence-electron chi connectivity index (χ4n) is 3.84. The molecule has 0 aliphatic heterocycles. The van der Waals surface area contributed by atoms with Crippen molar-refractivity contribution < 1.29 is 19.1 Å². The van der Waals surface area contributed by atoms with E-state index in [1.165, 1.54) is 22.3 Å². The second kappa shape index (κ2) is 15.8. The molecule has 0 bridgehead atoms. The van der Waals surface area contributed by atoms with E-state index in [0.29, 0.717) is 13.2 Å². The summed E-state index contributed by atoms with van der Waals surface area (Å²) in [7, 11) is 0. The molecule has 0 atom stereocenters. The lowest BCUT2D eigenvalue weighted by Gasteiger charge is -2.09. The van der Waals surface area contributed by atoms with Gasteiger partial charge in [0.1, 0.15) is 0 Å². The standard InChI is InChI=1S/C18H14.C16H22O4/c1-3-9-15(10-4-1)17-13-7-8-14-18(17)16-11-5-2-6-12-16;1-3-5-11-19-15(17)13-9-7-8-10-14(13)16(18)20-12-6-4-2/h1-14H;7-10H,3-6,11-12H2,1-2H3. The fourth-order valence-corrected chi connectivity index (χ4v) is 3.84. The van der Waals surface area contributed by atoms with E-state index in [2.05, 4.69) is 84.9 Å². The highest BCUT2D eigenvalue weighted by molar-refractivity contribution is 6.03. The van der Waals surface area contributed by atoms with Crippen LogP contribution in [0.3, 0.4) is 0 Å². The van der Waals surface area contributed by atoms with Crippen molar-refractivity contribution in [3.8, 4) is 22.3 Å². The number of rotatable bonds is 10. The summed E-state index contributed by atoms with van der Waals surface area (Å²) < 4.78 is 10.3. The van der Waals surface area contributed by atoms with E-state index in [9.17, 15) is 9.59 Å².